The average Bonchev–Trinajstić information content (AvgIpc) is 2.87. The minimum absolute atomic E-state index is 0.0296. The highest BCUT2D eigenvalue weighted by molar-refractivity contribution is 6.31. The van der Waals surface area contributed by atoms with Crippen molar-refractivity contribution in [2.75, 3.05) is 12.8 Å². The second-order valence-electron chi connectivity index (χ2n) is 9.24. The number of nitrogens with two attached hydrogens (primary N) is 1. The summed E-state index contributed by atoms with van der Waals surface area (Å²) in [5.74, 6) is -3.58. The van der Waals surface area contributed by atoms with E-state index >= 15 is 0 Å². The van der Waals surface area contributed by atoms with Gasteiger partial charge in [-0.25, -0.2) is 0 Å². The van der Waals surface area contributed by atoms with Crippen LogP contribution in [0.15, 0.2) is 42.5 Å². The van der Waals surface area contributed by atoms with Crippen LogP contribution in [0.5, 0.6) is 17.2 Å². The zero-order valence-corrected chi connectivity index (χ0v) is 19.7. The second-order valence-corrected chi connectivity index (χ2v) is 9.24. The molecule has 3 aromatic rings. The Balaban J connectivity index is 1.55. The van der Waals surface area contributed by atoms with Crippen molar-refractivity contribution >= 4 is 23.2 Å². The fourth-order valence-electron chi connectivity index (χ4n) is 5.17. The number of ether oxygens (including phenoxy) is 1. The molecule has 190 valence electrons. The van der Waals surface area contributed by atoms with E-state index in [4.69, 9.17) is 10.5 Å². The number of fused-ring (bicyclic) bond motifs is 3. The minimum atomic E-state index is -2.17. The number of benzene rings is 3. The lowest BCUT2D eigenvalue weighted by atomic mass is 9.72. The van der Waals surface area contributed by atoms with Gasteiger partial charge in [0.15, 0.2) is 5.78 Å². The number of aliphatic hydroxyl groups excluding tert-OH is 1. The summed E-state index contributed by atoms with van der Waals surface area (Å²) in [5.41, 5.74) is 3.33. The van der Waals surface area contributed by atoms with Crippen LogP contribution in [-0.2, 0) is 17.8 Å². The van der Waals surface area contributed by atoms with E-state index in [9.17, 15) is 34.8 Å². The van der Waals surface area contributed by atoms with Gasteiger partial charge in [-0.3, -0.25) is 14.4 Å². The van der Waals surface area contributed by atoms with E-state index in [0.29, 0.717) is 11.3 Å². The monoisotopic (exact) mass is 504 g/mol. The number of phenols is 2. The number of methoxy groups -OCH3 is 1. The van der Waals surface area contributed by atoms with E-state index in [1.54, 1.807) is 24.3 Å². The number of anilines is 1. The number of phenolic OH excluding ortho intramolecular Hbond substituents is 2. The van der Waals surface area contributed by atoms with Gasteiger partial charge in [0.05, 0.1) is 29.9 Å². The molecule has 2 aliphatic rings. The maximum atomic E-state index is 13.4. The second kappa shape index (κ2) is 8.61. The molecule has 1 amide bonds. The van der Waals surface area contributed by atoms with E-state index in [2.05, 4.69) is 5.32 Å². The lowest BCUT2D eigenvalue weighted by molar-refractivity contribution is -0.144. The molecule has 0 aromatic heterocycles. The Morgan fingerprint density at radius 3 is 2.49 bits per heavy atom. The number of amides is 1. The van der Waals surface area contributed by atoms with Crippen LogP contribution in [0.3, 0.4) is 0 Å². The first kappa shape index (κ1) is 24.3. The van der Waals surface area contributed by atoms with Gasteiger partial charge in [0.2, 0.25) is 5.78 Å². The van der Waals surface area contributed by atoms with E-state index in [-0.39, 0.29) is 34.5 Å². The van der Waals surface area contributed by atoms with Crippen LogP contribution in [0.4, 0.5) is 5.69 Å². The number of aromatic hydroxyl groups is 2. The number of ketones is 2. The standard InChI is InChI=1S/C27H24N2O8/c1-37-17-7-3-6-14-19(17)25(34)21-20(22(14)31)23(32)15-9-27(36,10-16(30)18(15)24(21)33)26(35)29-11-12-4-2-5-13(28)8-12/h2-8,16,30,32-33,36H,9-11,28H2,1H3,(H,29,35). The molecule has 2 aliphatic carbocycles. The van der Waals surface area contributed by atoms with Crippen molar-refractivity contribution in [1.29, 1.82) is 0 Å². The van der Waals surface area contributed by atoms with Crippen LogP contribution in [0.1, 0.15) is 61.1 Å². The Morgan fingerprint density at radius 2 is 1.78 bits per heavy atom. The summed E-state index contributed by atoms with van der Waals surface area (Å²) in [6, 6.07) is 11.2. The molecule has 10 heteroatoms. The molecular weight excluding hydrogens is 480 g/mol. The number of hydrogen-bond donors (Lipinski definition) is 6. The van der Waals surface area contributed by atoms with E-state index in [1.165, 1.54) is 25.3 Å². The summed E-state index contributed by atoms with van der Waals surface area (Å²) >= 11 is 0. The number of carbonyl (C=O) groups is 3. The van der Waals surface area contributed by atoms with Gasteiger partial charge < -0.3 is 36.2 Å². The van der Waals surface area contributed by atoms with E-state index in [1.807, 2.05) is 0 Å². The van der Waals surface area contributed by atoms with Crippen molar-refractivity contribution in [1.82, 2.24) is 5.32 Å². The molecule has 0 fully saturated rings. The van der Waals surface area contributed by atoms with Crippen LogP contribution in [-0.4, -0.2) is 50.6 Å². The third-order valence-electron chi connectivity index (χ3n) is 6.92. The molecule has 10 nitrogen and oxygen atoms in total. The Morgan fingerprint density at radius 1 is 1.08 bits per heavy atom. The summed E-state index contributed by atoms with van der Waals surface area (Å²) in [6.07, 6.45) is -2.65. The van der Waals surface area contributed by atoms with Crippen molar-refractivity contribution in [3.8, 4) is 17.2 Å². The van der Waals surface area contributed by atoms with Crippen molar-refractivity contribution in [3.63, 3.8) is 0 Å². The highest BCUT2D eigenvalue weighted by Gasteiger charge is 2.48. The minimum Gasteiger partial charge on any atom is -0.507 e. The van der Waals surface area contributed by atoms with Crippen LogP contribution in [0.25, 0.3) is 0 Å². The highest BCUT2D eigenvalue weighted by atomic mass is 16.5. The van der Waals surface area contributed by atoms with Gasteiger partial charge in [0, 0.05) is 41.8 Å². The molecule has 7 N–H and O–H groups in total. The molecular formula is C27H24N2O8. The molecule has 2 atom stereocenters. The van der Waals surface area contributed by atoms with Crippen LogP contribution >= 0.6 is 0 Å². The van der Waals surface area contributed by atoms with Crippen LogP contribution < -0.4 is 15.8 Å². The lowest BCUT2D eigenvalue weighted by Gasteiger charge is -2.37. The third kappa shape index (κ3) is 3.69. The molecule has 2 unspecified atom stereocenters. The number of nitrogen functional groups attached to an aromatic ring is 1. The summed E-state index contributed by atoms with van der Waals surface area (Å²) in [5, 5.41) is 46.9. The maximum Gasteiger partial charge on any atom is 0.252 e. The first-order chi connectivity index (χ1) is 17.6. The number of aliphatic hydroxyl groups is 2. The molecule has 0 heterocycles. The molecule has 3 aromatic carbocycles. The fourth-order valence-corrected chi connectivity index (χ4v) is 5.17. The number of rotatable bonds is 4. The zero-order chi connectivity index (χ0) is 26.6. The van der Waals surface area contributed by atoms with Crippen molar-refractivity contribution < 1.29 is 39.5 Å². The number of carbonyl (C=O) groups excluding carboxylic acids is 3. The normalized spacial score (nSPS) is 20.0. The predicted octanol–water partition coefficient (Wildman–Crippen LogP) is 1.49. The SMILES string of the molecule is COc1cccc2c1C(=O)c1c(O)c3c(c(O)c1C2=O)CC(O)(C(=O)NCc1cccc(N)c1)CC3O. The molecule has 0 saturated carbocycles. The van der Waals surface area contributed by atoms with Crippen molar-refractivity contribution in [2.24, 2.45) is 0 Å². The van der Waals surface area contributed by atoms with E-state index < -0.39 is 64.6 Å². The van der Waals surface area contributed by atoms with Gasteiger partial charge in [0.1, 0.15) is 22.8 Å². The summed E-state index contributed by atoms with van der Waals surface area (Å²) in [7, 11) is 1.33. The number of nitrogens with one attached hydrogen (secondary N) is 1. The maximum absolute atomic E-state index is 13.4. The predicted molar refractivity (Wildman–Crippen MR) is 131 cm³/mol. The largest absolute Gasteiger partial charge is 0.507 e. The molecule has 0 bridgehead atoms. The van der Waals surface area contributed by atoms with Gasteiger partial charge in [-0.05, 0) is 23.8 Å². The zero-order valence-electron chi connectivity index (χ0n) is 19.7. The average molecular weight is 504 g/mol. The Hall–Kier alpha value is -4.41. The lowest BCUT2D eigenvalue weighted by Crippen LogP contribution is -2.51. The molecule has 5 rings (SSSR count). The highest BCUT2D eigenvalue weighted by Crippen LogP contribution is 2.50. The summed E-state index contributed by atoms with van der Waals surface area (Å²) < 4.78 is 5.21. The van der Waals surface area contributed by atoms with Crippen LogP contribution in [0.2, 0.25) is 0 Å². The van der Waals surface area contributed by atoms with E-state index in [0.717, 1.165) is 0 Å². The quantitative estimate of drug-likeness (QED) is 0.177. The number of hydrogen-bond acceptors (Lipinski definition) is 9. The molecule has 0 spiro atoms. The third-order valence-corrected chi connectivity index (χ3v) is 6.92. The van der Waals surface area contributed by atoms with Crippen LogP contribution in [0, 0.1) is 0 Å². The van der Waals surface area contributed by atoms with Crippen molar-refractivity contribution in [3.05, 3.63) is 81.4 Å². The van der Waals surface area contributed by atoms with Gasteiger partial charge in [-0.15, -0.1) is 0 Å². The molecule has 0 radical (unpaired) electrons. The topological polar surface area (TPSA) is 179 Å². The van der Waals surface area contributed by atoms with Gasteiger partial charge in [0.25, 0.3) is 5.91 Å². The van der Waals surface area contributed by atoms with Gasteiger partial charge in [-0.1, -0.05) is 24.3 Å². The Kier molecular flexibility index (Phi) is 5.65. The molecule has 0 saturated heterocycles. The summed E-state index contributed by atoms with van der Waals surface area (Å²) in [6.45, 7) is 0.0438. The fraction of sp³-hybridized carbons (Fsp3) is 0.222. The van der Waals surface area contributed by atoms with Crippen molar-refractivity contribution in [2.45, 2.75) is 31.1 Å². The first-order valence-electron chi connectivity index (χ1n) is 11.5. The molecule has 0 aliphatic heterocycles. The molecule has 37 heavy (non-hydrogen) atoms. The van der Waals surface area contributed by atoms with Gasteiger partial charge >= 0.3 is 0 Å². The van der Waals surface area contributed by atoms with Gasteiger partial charge in [-0.2, -0.15) is 0 Å². The Bertz CT molecular complexity index is 1500. The smallest absolute Gasteiger partial charge is 0.252 e. The Labute approximate surface area is 210 Å². The first-order valence-corrected chi connectivity index (χ1v) is 11.5. The summed E-state index contributed by atoms with van der Waals surface area (Å²) in [4.78, 5) is 39.7.